The fraction of sp³-hybridized carbons (Fsp3) is 0.929. The van der Waals surface area contributed by atoms with Gasteiger partial charge in [0.2, 0.25) is 0 Å². The molecule has 3 nitrogen and oxygen atoms in total. The van der Waals surface area contributed by atoms with Crippen molar-refractivity contribution in [2.45, 2.75) is 46.5 Å². The molecule has 1 fully saturated rings. The third-order valence-electron chi connectivity index (χ3n) is 4.00. The molecular formula is C14H29N3. The van der Waals surface area contributed by atoms with Gasteiger partial charge in [0.05, 0.1) is 0 Å². The summed E-state index contributed by atoms with van der Waals surface area (Å²) in [6.45, 7) is 10.2. The van der Waals surface area contributed by atoms with Gasteiger partial charge < -0.3 is 10.2 Å². The van der Waals surface area contributed by atoms with E-state index in [1.807, 2.05) is 7.05 Å². The van der Waals surface area contributed by atoms with Gasteiger partial charge in [-0.15, -0.1) is 0 Å². The predicted octanol–water partition coefficient (Wildman–Crippen LogP) is 2.73. The molecule has 0 unspecified atom stereocenters. The summed E-state index contributed by atoms with van der Waals surface area (Å²) in [7, 11) is 1.90. The number of guanidine groups is 1. The van der Waals surface area contributed by atoms with E-state index in [0.717, 1.165) is 37.4 Å². The van der Waals surface area contributed by atoms with E-state index >= 15 is 0 Å². The molecule has 0 saturated carbocycles. The quantitative estimate of drug-likeness (QED) is 0.603. The minimum atomic E-state index is 0.774. The number of nitrogens with one attached hydrogen (secondary N) is 1. The first kappa shape index (κ1) is 14.3. The molecule has 1 rings (SSSR count). The van der Waals surface area contributed by atoms with E-state index in [9.17, 15) is 0 Å². The Morgan fingerprint density at radius 2 is 1.88 bits per heavy atom. The maximum absolute atomic E-state index is 4.41. The predicted molar refractivity (Wildman–Crippen MR) is 75.4 cm³/mol. The van der Waals surface area contributed by atoms with E-state index in [-0.39, 0.29) is 0 Å². The Morgan fingerprint density at radius 3 is 2.35 bits per heavy atom. The molecule has 1 saturated heterocycles. The van der Waals surface area contributed by atoms with E-state index in [1.54, 1.807) is 0 Å². The van der Waals surface area contributed by atoms with Gasteiger partial charge in [-0.2, -0.15) is 0 Å². The first-order valence-corrected chi connectivity index (χ1v) is 7.16. The van der Waals surface area contributed by atoms with Crippen molar-refractivity contribution in [2.24, 2.45) is 16.8 Å². The van der Waals surface area contributed by atoms with Crippen LogP contribution in [0.1, 0.15) is 46.5 Å². The number of aliphatic imine (C=N–C) groups is 1. The lowest BCUT2D eigenvalue weighted by Gasteiger charge is -2.33. The normalized spacial score (nSPS) is 18.9. The van der Waals surface area contributed by atoms with E-state index in [4.69, 9.17) is 0 Å². The fourth-order valence-corrected chi connectivity index (χ4v) is 2.37. The van der Waals surface area contributed by atoms with Gasteiger partial charge in [0.1, 0.15) is 0 Å². The summed E-state index contributed by atoms with van der Waals surface area (Å²) in [5.74, 6) is 2.75. The van der Waals surface area contributed by atoms with Gasteiger partial charge >= 0.3 is 0 Å². The third-order valence-corrected chi connectivity index (χ3v) is 4.00. The maximum atomic E-state index is 4.41. The zero-order chi connectivity index (χ0) is 12.7. The standard InChI is InChI=1S/C14H29N3/c1-5-13(6-2)11-16-14(15-4)17-9-7-12(3)8-10-17/h12-13H,5-11H2,1-4H3,(H,15,16). The number of rotatable bonds is 4. The smallest absolute Gasteiger partial charge is 0.193 e. The number of piperidine rings is 1. The average molecular weight is 239 g/mol. The minimum absolute atomic E-state index is 0.774. The van der Waals surface area contributed by atoms with Gasteiger partial charge in [0.15, 0.2) is 5.96 Å². The van der Waals surface area contributed by atoms with Crippen molar-refractivity contribution in [3.63, 3.8) is 0 Å². The second-order valence-corrected chi connectivity index (χ2v) is 5.28. The van der Waals surface area contributed by atoms with Gasteiger partial charge in [-0.3, -0.25) is 4.99 Å². The molecule has 0 spiro atoms. The molecule has 0 radical (unpaired) electrons. The molecule has 3 heteroatoms. The van der Waals surface area contributed by atoms with Crippen molar-refractivity contribution in [3.05, 3.63) is 0 Å². The number of hydrogen-bond donors (Lipinski definition) is 1. The van der Waals surface area contributed by atoms with Gasteiger partial charge in [-0.05, 0) is 24.7 Å². The van der Waals surface area contributed by atoms with Crippen LogP contribution in [-0.2, 0) is 0 Å². The lowest BCUT2D eigenvalue weighted by atomic mass is 9.99. The number of likely N-dealkylation sites (tertiary alicyclic amines) is 1. The van der Waals surface area contributed by atoms with Crippen LogP contribution in [0.4, 0.5) is 0 Å². The summed E-state index contributed by atoms with van der Waals surface area (Å²) in [4.78, 5) is 6.81. The zero-order valence-electron chi connectivity index (χ0n) is 12.0. The largest absolute Gasteiger partial charge is 0.356 e. The molecule has 1 aliphatic heterocycles. The van der Waals surface area contributed by atoms with Crippen molar-refractivity contribution in [3.8, 4) is 0 Å². The summed E-state index contributed by atoms with van der Waals surface area (Å²) >= 11 is 0. The second-order valence-electron chi connectivity index (χ2n) is 5.28. The molecule has 100 valence electrons. The van der Waals surface area contributed by atoms with E-state index < -0.39 is 0 Å². The second kappa shape index (κ2) is 7.57. The van der Waals surface area contributed by atoms with Gasteiger partial charge in [0.25, 0.3) is 0 Å². The maximum Gasteiger partial charge on any atom is 0.193 e. The summed E-state index contributed by atoms with van der Waals surface area (Å²) in [6.07, 6.45) is 5.09. The highest BCUT2D eigenvalue weighted by Crippen LogP contribution is 2.16. The van der Waals surface area contributed by atoms with Crippen LogP contribution in [0.5, 0.6) is 0 Å². The average Bonchev–Trinajstić information content (AvgIpc) is 2.36. The molecule has 1 heterocycles. The Morgan fingerprint density at radius 1 is 1.29 bits per heavy atom. The highest BCUT2D eigenvalue weighted by atomic mass is 15.3. The third kappa shape index (κ3) is 4.57. The first-order chi connectivity index (χ1) is 8.21. The Kier molecular flexibility index (Phi) is 6.38. The van der Waals surface area contributed by atoms with Crippen LogP contribution in [-0.4, -0.2) is 37.5 Å². The Labute approximate surface area is 107 Å². The molecule has 0 amide bonds. The van der Waals surface area contributed by atoms with E-state index in [1.165, 1.54) is 25.7 Å². The van der Waals surface area contributed by atoms with Crippen LogP contribution in [0, 0.1) is 11.8 Å². The van der Waals surface area contributed by atoms with Crippen LogP contribution in [0.2, 0.25) is 0 Å². The molecule has 0 aromatic rings. The molecular weight excluding hydrogens is 210 g/mol. The Bertz CT molecular complexity index is 226. The molecule has 1 N–H and O–H groups in total. The van der Waals surface area contributed by atoms with Crippen molar-refractivity contribution >= 4 is 5.96 Å². The van der Waals surface area contributed by atoms with Crippen LogP contribution in [0.25, 0.3) is 0 Å². The summed E-state index contributed by atoms with van der Waals surface area (Å²) in [6, 6.07) is 0. The van der Waals surface area contributed by atoms with E-state index in [2.05, 4.69) is 36.0 Å². The molecule has 17 heavy (non-hydrogen) atoms. The molecule has 1 aliphatic rings. The Balaban J connectivity index is 2.38. The summed E-state index contributed by atoms with van der Waals surface area (Å²) < 4.78 is 0. The van der Waals surface area contributed by atoms with Crippen molar-refractivity contribution in [1.82, 2.24) is 10.2 Å². The first-order valence-electron chi connectivity index (χ1n) is 7.16. The number of nitrogens with zero attached hydrogens (tertiary/aromatic N) is 2. The number of hydrogen-bond acceptors (Lipinski definition) is 1. The molecule has 0 bridgehead atoms. The lowest BCUT2D eigenvalue weighted by Crippen LogP contribution is -2.46. The van der Waals surface area contributed by atoms with Gasteiger partial charge in [-0.1, -0.05) is 33.6 Å². The zero-order valence-corrected chi connectivity index (χ0v) is 12.0. The van der Waals surface area contributed by atoms with Crippen molar-refractivity contribution < 1.29 is 0 Å². The molecule has 0 atom stereocenters. The Hall–Kier alpha value is -0.730. The van der Waals surface area contributed by atoms with Crippen LogP contribution in [0.15, 0.2) is 4.99 Å². The minimum Gasteiger partial charge on any atom is -0.356 e. The highest BCUT2D eigenvalue weighted by molar-refractivity contribution is 5.79. The molecule has 0 aromatic carbocycles. The fourth-order valence-electron chi connectivity index (χ4n) is 2.37. The topological polar surface area (TPSA) is 27.6 Å². The van der Waals surface area contributed by atoms with Gasteiger partial charge in [0, 0.05) is 26.7 Å². The van der Waals surface area contributed by atoms with Crippen molar-refractivity contribution in [1.29, 1.82) is 0 Å². The SMILES string of the molecule is CCC(CC)CNC(=NC)N1CCC(C)CC1. The van der Waals surface area contributed by atoms with Crippen LogP contribution in [0.3, 0.4) is 0 Å². The van der Waals surface area contributed by atoms with Crippen molar-refractivity contribution in [2.75, 3.05) is 26.7 Å². The highest BCUT2D eigenvalue weighted by Gasteiger charge is 2.18. The summed E-state index contributed by atoms with van der Waals surface area (Å²) in [5.41, 5.74) is 0. The van der Waals surface area contributed by atoms with E-state index in [0.29, 0.717) is 0 Å². The monoisotopic (exact) mass is 239 g/mol. The van der Waals surface area contributed by atoms with Gasteiger partial charge in [-0.25, -0.2) is 0 Å². The van der Waals surface area contributed by atoms with Crippen LogP contribution < -0.4 is 5.32 Å². The molecule has 0 aromatic heterocycles. The van der Waals surface area contributed by atoms with Crippen LogP contribution >= 0.6 is 0 Å². The lowest BCUT2D eigenvalue weighted by molar-refractivity contribution is 0.272. The molecule has 0 aliphatic carbocycles. The summed E-state index contributed by atoms with van der Waals surface area (Å²) in [5, 5.41) is 3.53.